The highest BCUT2D eigenvalue weighted by Gasteiger charge is 1.96. The van der Waals surface area contributed by atoms with Crippen LogP contribution in [-0.2, 0) is 0 Å². The molecular formula is C6H9N3OS. The van der Waals surface area contributed by atoms with Crippen LogP contribution in [0.3, 0.4) is 0 Å². The molecule has 0 aliphatic carbocycles. The molecule has 0 aliphatic heterocycles. The van der Waals surface area contributed by atoms with E-state index in [0.29, 0.717) is 5.16 Å². The van der Waals surface area contributed by atoms with Crippen molar-refractivity contribution in [3.8, 4) is 0 Å². The van der Waals surface area contributed by atoms with Crippen molar-refractivity contribution in [2.75, 3.05) is 11.5 Å². The first-order valence-corrected chi connectivity index (χ1v) is 4.20. The molecule has 0 radical (unpaired) electrons. The van der Waals surface area contributed by atoms with E-state index < -0.39 is 0 Å². The molecule has 0 saturated heterocycles. The molecule has 0 bridgehead atoms. The standard InChI is InChI=1S/C6H9N3OS/c1-2-11-6-8-4(7)3-5(10)9-6/h3H,2H2,1H3,(H3,7,8,9,10). The van der Waals surface area contributed by atoms with Crippen molar-refractivity contribution in [1.82, 2.24) is 9.97 Å². The van der Waals surface area contributed by atoms with Crippen molar-refractivity contribution < 1.29 is 0 Å². The highest BCUT2D eigenvalue weighted by Crippen LogP contribution is 2.09. The molecule has 0 spiro atoms. The van der Waals surface area contributed by atoms with Gasteiger partial charge in [0.15, 0.2) is 5.16 Å². The molecule has 11 heavy (non-hydrogen) atoms. The fourth-order valence-electron chi connectivity index (χ4n) is 0.658. The zero-order chi connectivity index (χ0) is 8.27. The van der Waals surface area contributed by atoms with Crippen molar-refractivity contribution in [2.24, 2.45) is 0 Å². The lowest BCUT2D eigenvalue weighted by Gasteiger charge is -1.96. The van der Waals surface area contributed by atoms with Crippen LogP contribution in [-0.4, -0.2) is 15.7 Å². The Kier molecular flexibility index (Phi) is 2.53. The molecule has 5 heteroatoms. The molecule has 1 heterocycles. The number of nitrogen functional groups attached to an aromatic ring is 1. The lowest BCUT2D eigenvalue weighted by molar-refractivity contribution is 0.946. The first-order valence-electron chi connectivity index (χ1n) is 3.22. The number of rotatable bonds is 2. The lowest BCUT2D eigenvalue weighted by atomic mass is 10.6. The van der Waals surface area contributed by atoms with Crippen LogP contribution >= 0.6 is 11.8 Å². The Balaban J connectivity index is 2.99. The Morgan fingerprint density at radius 2 is 2.55 bits per heavy atom. The second-order valence-electron chi connectivity index (χ2n) is 1.91. The van der Waals surface area contributed by atoms with Crippen molar-refractivity contribution >= 4 is 17.6 Å². The number of aromatic amines is 1. The summed E-state index contributed by atoms with van der Waals surface area (Å²) in [7, 11) is 0. The Hall–Kier alpha value is -0.970. The maximum atomic E-state index is 10.8. The van der Waals surface area contributed by atoms with E-state index in [1.807, 2.05) is 6.92 Å². The minimum Gasteiger partial charge on any atom is -0.383 e. The highest BCUT2D eigenvalue weighted by molar-refractivity contribution is 7.99. The van der Waals surface area contributed by atoms with Crippen LogP contribution < -0.4 is 11.3 Å². The van der Waals surface area contributed by atoms with Crippen LogP contribution in [0.5, 0.6) is 0 Å². The van der Waals surface area contributed by atoms with Gasteiger partial charge in [-0.3, -0.25) is 4.79 Å². The second kappa shape index (κ2) is 3.43. The van der Waals surface area contributed by atoms with Crippen LogP contribution in [0.15, 0.2) is 16.0 Å². The number of hydrogen-bond donors (Lipinski definition) is 2. The molecule has 0 atom stereocenters. The Labute approximate surface area is 68.2 Å². The maximum Gasteiger partial charge on any atom is 0.253 e. The zero-order valence-corrected chi connectivity index (χ0v) is 6.94. The van der Waals surface area contributed by atoms with E-state index in [9.17, 15) is 4.79 Å². The van der Waals surface area contributed by atoms with E-state index in [2.05, 4.69) is 9.97 Å². The van der Waals surface area contributed by atoms with E-state index in [-0.39, 0.29) is 11.4 Å². The highest BCUT2D eigenvalue weighted by atomic mass is 32.2. The topological polar surface area (TPSA) is 71.8 Å². The van der Waals surface area contributed by atoms with Gasteiger partial charge in [-0.05, 0) is 5.75 Å². The molecule has 3 N–H and O–H groups in total. The number of H-pyrrole nitrogens is 1. The van der Waals surface area contributed by atoms with Gasteiger partial charge in [0.05, 0.1) is 0 Å². The summed E-state index contributed by atoms with van der Waals surface area (Å²) in [6, 6.07) is 1.26. The van der Waals surface area contributed by atoms with Gasteiger partial charge in [0.25, 0.3) is 5.56 Å². The van der Waals surface area contributed by atoms with Crippen molar-refractivity contribution in [2.45, 2.75) is 12.1 Å². The number of thioether (sulfide) groups is 1. The summed E-state index contributed by atoms with van der Waals surface area (Å²) >= 11 is 1.46. The third-order valence-electron chi connectivity index (χ3n) is 1.02. The summed E-state index contributed by atoms with van der Waals surface area (Å²) in [6.07, 6.45) is 0. The average Bonchev–Trinajstić information content (AvgIpc) is 1.85. The fraction of sp³-hybridized carbons (Fsp3) is 0.333. The zero-order valence-electron chi connectivity index (χ0n) is 6.13. The van der Waals surface area contributed by atoms with Gasteiger partial charge in [-0.15, -0.1) is 0 Å². The molecular weight excluding hydrogens is 162 g/mol. The molecule has 1 aromatic rings. The smallest absolute Gasteiger partial charge is 0.253 e. The van der Waals surface area contributed by atoms with Gasteiger partial charge in [-0.2, -0.15) is 0 Å². The van der Waals surface area contributed by atoms with Gasteiger partial charge in [0, 0.05) is 6.07 Å². The first kappa shape index (κ1) is 8.13. The normalized spacial score (nSPS) is 9.91. The average molecular weight is 171 g/mol. The predicted octanol–water partition coefficient (Wildman–Crippen LogP) is 0.464. The summed E-state index contributed by atoms with van der Waals surface area (Å²) in [5, 5.41) is 0.581. The summed E-state index contributed by atoms with van der Waals surface area (Å²) < 4.78 is 0. The van der Waals surface area contributed by atoms with Crippen LogP contribution in [0.2, 0.25) is 0 Å². The number of aromatic nitrogens is 2. The van der Waals surface area contributed by atoms with E-state index in [1.54, 1.807) is 0 Å². The lowest BCUT2D eigenvalue weighted by Crippen LogP contribution is -2.09. The molecule has 0 aromatic carbocycles. The van der Waals surface area contributed by atoms with Gasteiger partial charge in [0.1, 0.15) is 5.82 Å². The van der Waals surface area contributed by atoms with Crippen LogP contribution in [0, 0.1) is 0 Å². The number of hydrogen-bond acceptors (Lipinski definition) is 4. The minimum absolute atomic E-state index is 0.201. The van der Waals surface area contributed by atoms with Gasteiger partial charge in [-0.1, -0.05) is 18.7 Å². The van der Waals surface area contributed by atoms with E-state index in [4.69, 9.17) is 5.73 Å². The van der Waals surface area contributed by atoms with Gasteiger partial charge >= 0.3 is 0 Å². The quantitative estimate of drug-likeness (QED) is 0.501. The Morgan fingerprint density at radius 3 is 3.09 bits per heavy atom. The molecule has 0 fully saturated rings. The molecule has 1 rings (SSSR count). The number of anilines is 1. The molecule has 1 aromatic heterocycles. The van der Waals surface area contributed by atoms with Gasteiger partial charge < -0.3 is 10.7 Å². The third-order valence-corrected chi connectivity index (χ3v) is 1.78. The maximum absolute atomic E-state index is 10.8. The Bertz CT molecular complexity index is 296. The monoisotopic (exact) mass is 171 g/mol. The molecule has 4 nitrogen and oxygen atoms in total. The first-order chi connectivity index (χ1) is 5.22. The van der Waals surface area contributed by atoms with Crippen molar-refractivity contribution in [3.05, 3.63) is 16.4 Å². The summed E-state index contributed by atoms with van der Waals surface area (Å²) in [5.74, 6) is 1.14. The fourth-order valence-corrected chi connectivity index (χ4v) is 1.27. The SMILES string of the molecule is CCSc1nc(N)cc(=O)[nH]1. The third kappa shape index (κ3) is 2.27. The number of nitrogens with zero attached hydrogens (tertiary/aromatic N) is 1. The van der Waals surface area contributed by atoms with Crippen molar-refractivity contribution in [3.63, 3.8) is 0 Å². The second-order valence-corrected chi connectivity index (χ2v) is 3.16. The molecule has 0 saturated carbocycles. The predicted molar refractivity (Wildman–Crippen MR) is 45.7 cm³/mol. The molecule has 0 unspecified atom stereocenters. The van der Waals surface area contributed by atoms with Crippen LogP contribution in [0.1, 0.15) is 6.92 Å². The summed E-state index contributed by atoms with van der Waals surface area (Å²) in [6.45, 7) is 1.98. The Morgan fingerprint density at radius 1 is 1.82 bits per heavy atom. The van der Waals surface area contributed by atoms with E-state index in [0.717, 1.165) is 5.75 Å². The largest absolute Gasteiger partial charge is 0.383 e. The van der Waals surface area contributed by atoms with Crippen LogP contribution in [0.25, 0.3) is 0 Å². The van der Waals surface area contributed by atoms with Crippen molar-refractivity contribution in [1.29, 1.82) is 0 Å². The summed E-state index contributed by atoms with van der Waals surface area (Å²) in [4.78, 5) is 17.3. The van der Waals surface area contributed by atoms with Gasteiger partial charge in [0.2, 0.25) is 0 Å². The van der Waals surface area contributed by atoms with Gasteiger partial charge in [-0.25, -0.2) is 4.98 Å². The molecule has 0 amide bonds. The minimum atomic E-state index is -0.201. The summed E-state index contributed by atoms with van der Waals surface area (Å²) in [5.41, 5.74) is 5.14. The number of nitrogens with two attached hydrogens (primary N) is 1. The molecule has 60 valence electrons. The van der Waals surface area contributed by atoms with Crippen LogP contribution in [0.4, 0.5) is 5.82 Å². The van der Waals surface area contributed by atoms with E-state index >= 15 is 0 Å². The molecule has 0 aliphatic rings. The van der Waals surface area contributed by atoms with E-state index in [1.165, 1.54) is 17.8 Å². The number of nitrogens with one attached hydrogen (secondary N) is 1.